The number of likely N-dealkylation sites (tertiary alicyclic amines) is 1. The number of ether oxygens (including phenoxy) is 1. The summed E-state index contributed by atoms with van der Waals surface area (Å²) in [6, 6.07) is 14.5. The molecule has 0 saturated carbocycles. The van der Waals surface area contributed by atoms with Gasteiger partial charge < -0.3 is 14.1 Å². The Hall–Kier alpha value is -3.38. The van der Waals surface area contributed by atoms with E-state index in [0.717, 1.165) is 11.1 Å². The lowest BCUT2D eigenvalue weighted by molar-refractivity contribution is -0.152. The van der Waals surface area contributed by atoms with Gasteiger partial charge >= 0.3 is 11.6 Å². The highest BCUT2D eigenvalue weighted by Gasteiger charge is 2.28. The summed E-state index contributed by atoms with van der Waals surface area (Å²) in [4.78, 5) is 38.9. The number of nitrogens with zero attached hydrogens (tertiary/aromatic N) is 1. The lowest BCUT2D eigenvalue weighted by atomic mass is 9.97. The van der Waals surface area contributed by atoms with Crippen molar-refractivity contribution in [2.45, 2.75) is 32.8 Å². The van der Waals surface area contributed by atoms with E-state index in [-0.39, 0.29) is 24.4 Å². The number of carbonyl (C=O) groups is 2. The van der Waals surface area contributed by atoms with E-state index in [4.69, 9.17) is 20.8 Å². The van der Waals surface area contributed by atoms with Crippen LogP contribution in [-0.2, 0) is 27.4 Å². The Morgan fingerprint density at radius 2 is 1.85 bits per heavy atom. The number of carbonyl (C=O) groups excluding carboxylic acids is 2. The molecule has 1 aromatic heterocycles. The van der Waals surface area contributed by atoms with Crippen molar-refractivity contribution >= 4 is 40.5 Å². The summed E-state index contributed by atoms with van der Waals surface area (Å²) in [5, 5.41) is 1.23. The van der Waals surface area contributed by atoms with Gasteiger partial charge in [0.05, 0.1) is 5.92 Å². The summed E-state index contributed by atoms with van der Waals surface area (Å²) in [5.41, 5.74) is 2.33. The van der Waals surface area contributed by atoms with Crippen molar-refractivity contribution in [3.8, 4) is 0 Å². The normalized spacial score (nSPS) is 14.6. The summed E-state index contributed by atoms with van der Waals surface area (Å²) < 4.78 is 10.9. The van der Waals surface area contributed by atoms with Crippen LogP contribution >= 0.6 is 11.6 Å². The zero-order valence-electron chi connectivity index (χ0n) is 19.0. The average Bonchev–Trinajstić information content (AvgIpc) is 2.86. The molecule has 0 aliphatic carbocycles. The van der Waals surface area contributed by atoms with Crippen LogP contribution in [0.1, 0.15) is 36.5 Å². The molecule has 4 rings (SSSR count). The van der Waals surface area contributed by atoms with Gasteiger partial charge in [-0.2, -0.15) is 0 Å². The molecule has 6 nitrogen and oxygen atoms in total. The van der Waals surface area contributed by atoms with Crippen LogP contribution in [0.3, 0.4) is 0 Å². The number of halogens is 1. The Kier molecular flexibility index (Phi) is 7.48. The van der Waals surface area contributed by atoms with Gasteiger partial charge in [-0.05, 0) is 48.6 Å². The molecule has 0 unspecified atom stereocenters. The first-order valence-corrected chi connectivity index (χ1v) is 11.8. The van der Waals surface area contributed by atoms with Crippen LogP contribution < -0.4 is 5.63 Å². The molecule has 0 atom stereocenters. The standard InChI is InChI=1S/C27H26ClNO5/c1-2-19-14-24-22(16-23(19)28)21(15-26(31)34-24)17-33-27(32)20-10-12-29(13-11-20)25(30)9-8-18-6-4-3-5-7-18/h3-9,14-16,20H,2,10-13,17H2,1H3/b9-8+. The van der Waals surface area contributed by atoms with E-state index in [2.05, 4.69) is 0 Å². The number of amides is 1. The second-order valence-corrected chi connectivity index (χ2v) is 8.74. The minimum Gasteiger partial charge on any atom is -0.461 e. The highest BCUT2D eigenvalue weighted by atomic mass is 35.5. The monoisotopic (exact) mass is 479 g/mol. The topological polar surface area (TPSA) is 76.8 Å². The highest BCUT2D eigenvalue weighted by Crippen LogP contribution is 2.27. The molecule has 176 valence electrons. The van der Waals surface area contributed by atoms with E-state index in [1.165, 1.54) is 6.07 Å². The molecule has 0 radical (unpaired) electrons. The van der Waals surface area contributed by atoms with E-state index in [9.17, 15) is 14.4 Å². The van der Waals surface area contributed by atoms with Crippen molar-refractivity contribution in [1.82, 2.24) is 4.90 Å². The third-order valence-electron chi connectivity index (χ3n) is 6.11. The Morgan fingerprint density at radius 1 is 1.12 bits per heavy atom. The maximum atomic E-state index is 12.7. The second kappa shape index (κ2) is 10.7. The van der Waals surface area contributed by atoms with E-state index in [1.54, 1.807) is 29.2 Å². The number of rotatable bonds is 6. The molecule has 7 heteroatoms. The van der Waals surface area contributed by atoms with Gasteiger partial charge in [-0.1, -0.05) is 48.9 Å². The van der Waals surface area contributed by atoms with Gasteiger partial charge in [0.25, 0.3) is 0 Å². The Balaban J connectivity index is 1.34. The van der Waals surface area contributed by atoms with Gasteiger partial charge in [-0.25, -0.2) is 4.79 Å². The lowest BCUT2D eigenvalue weighted by Crippen LogP contribution is -2.39. The molecule has 0 bridgehead atoms. The van der Waals surface area contributed by atoms with Crippen molar-refractivity contribution < 1.29 is 18.7 Å². The van der Waals surface area contributed by atoms with Crippen LogP contribution in [-0.4, -0.2) is 29.9 Å². The maximum absolute atomic E-state index is 12.7. The SMILES string of the molecule is CCc1cc2oc(=O)cc(COC(=O)C3CCN(C(=O)/C=C/c4ccccc4)CC3)c2cc1Cl. The fourth-order valence-electron chi connectivity index (χ4n) is 4.12. The van der Waals surface area contributed by atoms with Crippen LogP contribution in [0.5, 0.6) is 0 Å². The van der Waals surface area contributed by atoms with Crippen LogP contribution in [0.15, 0.2) is 63.8 Å². The predicted molar refractivity (Wildman–Crippen MR) is 131 cm³/mol. The number of hydrogen-bond donors (Lipinski definition) is 0. The van der Waals surface area contributed by atoms with Crippen LogP contribution in [0, 0.1) is 5.92 Å². The summed E-state index contributed by atoms with van der Waals surface area (Å²) in [6.45, 7) is 2.91. The average molecular weight is 480 g/mol. The van der Waals surface area contributed by atoms with Gasteiger partial charge in [0.15, 0.2) is 0 Å². The van der Waals surface area contributed by atoms with Crippen molar-refractivity contribution in [3.63, 3.8) is 0 Å². The van der Waals surface area contributed by atoms with Crippen LogP contribution in [0.2, 0.25) is 5.02 Å². The molecule has 0 spiro atoms. The maximum Gasteiger partial charge on any atom is 0.336 e. The van der Waals surface area contributed by atoms with Crippen molar-refractivity contribution in [3.05, 3.63) is 86.7 Å². The minimum atomic E-state index is -0.502. The summed E-state index contributed by atoms with van der Waals surface area (Å²) >= 11 is 6.33. The first kappa shape index (κ1) is 23.8. The Morgan fingerprint density at radius 3 is 2.56 bits per heavy atom. The van der Waals surface area contributed by atoms with Crippen molar-refractivity contribution in [2.24, 2.45) is 5.92 Å². The molecule has 1 aliphatic rings. The van der Waals surface area contributed by atoms with Gasteiger partial charge in [-0.3, -0.25) is 9.59 Å². The van der Waals surface area contributed by atoms with Gasteiger partial charge in [0.1, 0.15) is 12.2 Å². The second-order valence-electron chi connectivity index (χ2n) is 8.34. The molecule has 2 aromatic carbocycles. The molecule has 1 fully saturated rings. The Bertz CT molecular complexity index is 1270. The van der Waals surface area contributed by atoms with E-state index >= 15 is 0 Å². The van der Waals surface area contributed by atoms with Crippen LogP contribution in [0.4, 0.5) is 0 Å². The molecule has 1 aliphatic heterocycles. The van der Waals surface area contributed by atoms with E-state index in [1.807, 2.05) is 37.3 Å². The smallest absolute Gasteiger partial charge is 0.336 e. The third-order valence-corrected chi connectivity index (χ3v) is 6.46. The number of piperidine rings is 1. The summed E-state index contributed by atoms with van der Waals surface area (Å²) in [7, 11) is 0. The van der Waals surface area contributed by atoms with E-state index < -0.39 is 5.63 Å². The predicted octanol–water partition coefficient (Wildman–Crippen LogP) is 5.00. The quantitative estimate of drug-likeness (QED) is 0.282. The van der Waals surface area contributed by atoms with E-state index in [0.29, 0.717) is 53.9 Å². The van der Waals surface area contributed by atoms with Gasteiger partial charge in [-0.15, -0.1) is 0 Å². The number of esters is 1. The molecule has 2 heterocycles. The number of fused-ring (bicyclic) bond motifs is 1. The summed E-state index contributed by atoms with van der Waals surface area (Å²) in [5.74, 6) is -0.685. The molecule has 34 heavy (non-hydrogen) atoms. The molecule has 1 amide bonds. The summed E-state index contributed by atoms with van der Waals surface area (Å²) in [6.07, 6.45) is 5.13. The molecule has 3 aromatic rings. The van der Waals surface area contributed by atoms with Crippen molar-refractivity contribution in [2.75, 3.05) is 13.1 Å². The van der Waals surface area contributed by atoms with Crippen molar-refractivity contribution in [1.29, 1.82) is 0 Å². The minimum absolute atomic E-state index is 0.0400. The van der Waals surface area contributed by atoms with Crippen LogP contribution in [0.25, 0.3) is 17.0 Å². The zero-order valence-corrected chi connectivity index (χ0v) is 19.7. The molecular formula is C27H26ClNO5. The number of benzene rings is 2. The first-order valence-electron chi connectivity index (χ1n) is 11.4. The van der Waals surface area contributed by atoms with Gasteiger partial charge in [0.2, 0.25) is 5.91 Å². The number of aryl methyl sites for hydroxylation is 1. The lowest BCUT2D eigenvalue weighted by Gasteiger charge is -2.30. The zero-order chi connectivity index (χ0) is 24.1. The fourth-order valence-corrected chi connectivity index (χ4v) is 4.42. The largest absolute Gasteiger partial charge is 0.461 e. The number of hydrogen-bond acceptors (Lipinski definition) is 5. The molecular weight excluding hydrogens is 454 g/mol. The fraction of sp³-hybridized carbons (Fsp3) is 0.296. The highest BCUT2D eigenvalue weighted by molar-refractivity contribution is 6.32. The Labute approximate surface area is 202 Å². The first-order chi connectivity index (χ1) is 16.4. The third kappa shape index (κ3) is 5.57. The van der Waals surface area contributed by atoms with Gasteiger partial charge in [0, 0.05) is 41.2 Å². The molecule has 1 saturated heterocycles. The molecule has 0 N–H and O–H groups in total.